The van der Waals surface area contributed by atoms with Crippen LogP contribution in [0, 0.1) is 11.8 Å². The lowest BCUT2D eigenvalue weighted by Gasteiger charge is -2.37. The molecule has 0 spiro atoms. The average Bonchev–Trinajstić information content (AvgIpc) is 2.96. The lowest BCUT2D eigenvalue weighted by atomic mass is 9.88. The number of carbonyl (C=O) groups excluding carboxylic acids is 2. The molecule has 0 bridgehead atoms. The van der Waals surface area contributed by atoms with Crippen molar-refractivity contribution in [1.29, 1.82) is 0 Å². The van der Waals surface area contributed by atoms with Crippen LogP contribution in [0.3, 0.4) is 0 Å². The Morgan fingerprint density at radius 2 is 2.00 bits per heavy atom. The number of methoxy groups -OCH3 is 1. The van der Waals surface area contributed by atoms with Crippen molar-refractivity contribution in [2.45, 2.75) is 38.3 Å². The number of nitrogens with two attached hydrogens (primary N) is 1. The van der Waals surface area contributed by atoms with Gasteiger partial charge in [0.1, 0.15) is 5.75 Å². The summed E-state index contributed by atoms with van der Waals surface area (Å²) < 4.78 is 5.22. The van der Waals surface area contributed by atoms with E-state index in [1.807, 2.05) is 36.1 Å². The van der Waals surface area contributed by atoms with Crippen molar-refractivity contribution >= 4 is 11.8 Å². The number of benzene rings is 1. The van der Waals surface area contributed by atoms with Crippen LogP contribution < -0.4 is 10.5 Å². The first kappa shape index (κ1) is 18.7. The molecule has 0 radical (unpaired) electrons. The van der Waals surface area contributed by atoms with Gasteiger partial charge in [-0.05, 0) is 43.4 Å². The first-order chi connectivity index (χ1) is 12.4. The highest BCUT2D eigenvalue weighted by atomic mass is 16.5. The topological polar surface area (TPSA) is 75.9 Å². The van der Waals surface area contributed by atoms with Crippen molar-refractivity contribution in [3.05, 3.63) is 29.8 Å². The van der Waals surface area contributed by atoms with Gasteiger partial charge in [-0.1, -0.05) is 12.1 Å². The van der Waals surface area contributed by atoms with Gasteiger partial charge in [-0.25, -0.2) is 0 Å². The first-order valence-electron chi connectivity index (χ1n) is 9.36. The summed E-state index contributed by atoms with van der Waals surface area (Å²) >= 11 is 0. The minimum Gasteiger partial charge on any atom is -0.497 e. The zero-order valence-electron chi connectivity index (χ0n) is 15.9. The number of amides is 2. The summed E-state index contributed by atoms with van der Waals surface area (Å²) in [4.78, 5) is 29.2. The predicted molar refractivity (Wildman–Crippen MR) is 99.6 cm³/mol. The summed E-state index contributed by atoms with van der Waals surface area (Å²) in [5.74, 6) is 0.855. The maximum atomic E-state index is 13.2. The van der Waals surface area contributed by atoms with Crippen LogP contribution in [0.25, 0.3) is 0 Å². The Bertz CT molecular complexity index is 659. The van der Waals surface area contributed by atoms with Crippen LogP contribution in [0.5, 0.6) is 5.75 Å². The van der Waals surface area contributed by atoms with E-state index in [0.29, 0.717) is 12.5 Å². The molecule has 3 rings (SSSR count). The smallest absolute Gasteiger partial charge is 0.228 e. The summed E-state index contributed by atoms with van der Waals surface area (Å²) in [5.41, 5.74) is 7.03. The van der Waals surface area contributed by atoms with Crippen molar-refractivity contribution in [2.75, 3.05) is 27.2 Å². The van der Waals surface area contributed by atoms with Crippen LogP contribution in [-0.4, -0.2) is 54.9 Å². The molecular formula is C20H29N3O3. The van der Waals surface area contributed by atoms with Crippen LogP contribution in [-0.2, 0) is 9.59 Å². The molecule has 26 heavy (non-hydrogen) atoms. The second kappa shape index (κ2) is 7.66. The zero-order chi connectivity index (χ0) is 18.8. The highest BCUT2D eigenvalue weighted by molar-refractivity contribution is 5.90. The Morgan fingerprint density at radius 3 is 2.62 bits per heavy atom. The van der Waals surface area contributed by atoms with Crippen LogP contribution in [0.15, 0.2) is 24.3 Å². The molecule has 0 aliphatic carbocycles. The average molecular weight is 359 g/mol. The highest BCUT2D eigenvalue weighted by Crippen LogP contribution is 2.39. The van der Waals surface area contributed by atoms with Gasteiger partial charge in [0, 0.05) is 32.6 Å². The van der Waals surface area contributed by atoms with Gasteiger partial charge in [-0.2, -0.15) is 0 Å². The number of rotatable bonds is 4. The summed E-state index contributed by atoms with van der Waals surface area (Å²) in [6.45, 7) is 3.46. The zero-order valence-corrected chi connectivity index (χ0v) is 15.9. The van der Waals surface area contributed by atoms with Gasteiger partial charge in [0.2, 0.25) is 11.8 Å². The third kappa shape index (κ3) is 3.56. The summed E-state index contributed by atoms with van der Waals surface area (Å²) in [7, 11) is 3.41. The molecule has 2 saturated heterocycles. The van der Waals surface area contributed by atoms with E-state index in [1.54, 1.807) is 19.1 Å². The number of hydrogen-bond acceptors (Lipinski definition) is 4. The third-order valence-corrected chi connectivity index (χ3v) is 5.87. The lowest BCUT2D eigenvalue weighted by molar-refractivity contribution is -0.138. The van der Waals surface area contributed by atoms with E-state index < -0.39 is 0 Å². The normalized spacial score (nSPS) is 27.5. The van der Waals surface area contributed by atoms with Gasteiger partial charge < -0.3 is 20.3 Å². The number of hydrogen-bond donors (Lipinski definition) is 1. The molecule has 1 aromatic rings. The molecule has 2 heterocycles. The molecule has 6 nitrogen and oxygen atoms in total. The van der Waals surface area contributed by atoms with E-state index in [0.717, 1.165) is 30.7 Å². The van der Waals surface area contributed by atoms with Crippen molar-refractivity contribution in [2.24, 2.45) is 17.6 Å². The van der Waals surface area contributed by atoms with Crippen molar-refractivity contribution in [3.8, 4) is 5.75 Å². The molecule has 1 aromatic carbocycles. The third-order valence-electron chi connectivity index (χ3n) is 5.87. The van der Waals surface area contributed by atoms with E-state index >= 15 is 0 Å². The monoisotopic (exact) mass is 359 g/mol. The van der Waals surface area contributed by atoms with Gasteiger partial charge in [-0.3, -0.25) is 9.59 Å². The minimum absolute atomic E-state index is 0.0184. The molecule has 6 heteroatoms. The molecule has 0 saturated carbocycles. The SMILES string of the molecule is COc1ccc([C@@H]2[C@H](C(=O)N3CCC[C@@H]([C@@H](C)N)C3)CC(=O)N2C)cc1. The van der Waals surface area contributed by atoms with E-state index in [1.165, 1.54) is 0 Å². The Kier molecular flexibility index (Phi) is 5.51. The van der Waals surface area contributed by atoms with Crippen molar-refractivity contribution < 1.29 is 14.3 Å². The molecule has 2 fully saturated rings. The van der Waals surface area contributed by atoms with Crippen LogP contribution in [0.4, 0.5) is 0 Å². The van der Waals surface area contributed by atoms with Gasteiger partial charge in [0.25, 0.3) is 0 Å². The first-order valence-corrected chi connectivity index (χ1v) is 9.36. The summed E-state index contributed by atoms with van der Waals surface area (Å²) in [6, 6.07) is 7.49. The fourth-order valence-electron chi connectivity index (χ4n) is 4.22. The molecular weight excluding hydrogens is 330 g/mol. The Balaban J connectivity index is 1.81. The Labute approximate surface area is 155 Å². The van der Waals surface area contributed by atoms with Gasteiger partial charge in [0.15, 0.2) is 0 Å². The van der Waals surface area contributed by atoms with E-state index in [9.17, 15) is 9.59 Å². The number of likely N-dealkylation sites (tertiary alicyclic amines) is 2. The maximum Gasteiger partial charge on any atom is 0.228 e. The molecule has 0 aromatic heterocycles. The number of ether oxygens (including phenoxy) is 1. The van der Waals surface area contributed by atoms with Crippen LogP contribution in [0.2, 0.25) is 0 Å². The standard InChI is InChI=1S/C20H29N3O3/c1-13(21)15-5-4-10-23(12-15)20(25)17-11-18(24)22(2)19(17)14-6-8-16(26-3)9-7-14/h6-9,13,15,17,19H,4-5,10-12,21H2,1-3H3/t13-,15-,17-,19-/m1/s1. The van der Waals surface area contributed by atoms with E-state index in [-0.39, 0.29) is 36.2 Å². The maximum absolute atomic E-state index is 13.2. The lowest BCUT2D eigenvalue weighted by Crippen LogP contribution is -2.47. The minimum atomic E-state index is -0.340. The van der Waals surface area contributed by atoms with Crippen LogP contribution in [0.1, 0.15) is 37.8 Å². The second-order valence-corrected chi connectivity index (χ2v) is 7.58. The number of carbonyl (C=O) groups is 2. The molecule has 2 aliphatic heterocycles. The molecule has 4 atom stereocenters. The molecule has 142 valence electrons. The summed E-state index contributed by atoms with van der Waals surface area (Å²) in [5, 5.41) is 0. The number of nitrogens with zero attached hydrogens (tertiary/aromatic N) is 2. The highest BCUT2D eigenvalue weighted by Gasteiger charge is 2.44. The number of piperidine rings is 1. The summed E-state index contributed by atoms with van der Waals surface area (Å²) in [6.07, 6.45) is 2.31. The quantitative estimate of drug-likeness (QED) is 0.889. The largest absolute Gasteiger partial charge is 0.497 e. The van der Waals surface area contributed by atoms with Crippen molar-refractivity contribution in [1.82, 2.24) is 9.80 Å². The van der Waals surface area contributed by atoms with Crippen LogP contribution >= 0.6 is 0 Å². The van der Waals surface area contributed by atoms with Gasteiger partial charge in [0.05, 0.1) is 19.1 Å². The molecule has 2 amide bonds. The molecule has 2 N–H and O–H groups in total. The van der Waals surface area contributed by atoms with Gasteiger partial charge in [-0.15, -0.1) is 0 Å². The molecule has 0 unspecified atom stereocenters. The van der Waals surface area contributed by atoms with E-state index in [2.05, 4.69) is 0 Å². The second-order valence-electron chi connectivity index (χ2n) is 7.58. The van der Waals surface area contributed by atoms with E-state index in [4.69, 9.17) is 10.5 Å². The van der Waals surface area contributed by atoms with Gasteiger partial charge >= 0.3 is 0 Å². The predicted octanol–water partition coefficient (Wildman–Crippen LogP) is 1.80. The fourth-order valence-corrected chi connectivity index (χ4v) is 4.22. The fraction of sp³-hybridized carbons (Fsp3) is 0.600. The Morgan fingerprint density at radius 1 is 1.31 bits per heavy atom. The van der Waals surface area contributed by atoms with Crippen molar-refractivity contribution in [3.63, 3.8) is 0 Å². The molecule has 2 aliphatic rings. The Hall–Kier alpha value is -2.08.